The van der Waals surface area contributed by atoms with Crippen molar-refractivity contribution in [2.75, 3.05) is 17.7 Å². The summed E-state index contributed by atoms with van der Waals surface area (Å²) in [5, 5.41) is 8.88. The number of nitrogens with two attached hydrogens (primary N) is 1. The Kier molecular flexibility index (Phi) is 2.75. The molecular weight excluding hydrogens is 214 g/mol. The van der Waals surface area contributed by atoms with Gasteiger partial charge in [-0.2, -0.15) is 5.26 Å². The standard InChI is InChI=1S/C13H13N3O/c1-9-3-6-13(17-9)16(2)12-7-10(8-14)4-5-11(12)15/h3-7H,15H2,1-2H3. The first kappa shape index (κ1) is 11.1. The number of aryl methyl sites for hydroxylation is 1. The molecule has 0 amide bonds. The van der Waals surface area contributed by atoms with Crippen LogP contribution in [0.5, 0.6) is 0 Å². The van der Waals surface area contributed by atoms with Gasteiger partial charge in [0.2, 0.25) is 0 Å². The maximum absolute atomic E-state index is 8.88. The molecule has 0 aliphatic rings. The van der Waals surface area contributed by atoms with Gasteiger partial charge in [-0.25, -0.2) is 0 Å². The molecule has 1 aromatic carbocycles. The van der Waals surface area contributed by atoms with Crippen LogP contribution in [-0.2, 0) is 0 Å². The molecule has 2 aromatic rings. The van der Waals surface area contributed by atoms with Crippen molar-refractivity contribution < 1.29 is 4.42 Å². The summed E-state index contributed by atoms with van der Waals surface area (Å²) in [6, 6.07) is 11.0. The van der Waals surface area contributed by atoms with Crippen LogP contribution < -0.4 is 10.6 Å². The van der Waals surface area contributed by atoms with Gasteiger partial charge in [0.25, 0.3) is 0 Å². The lowest BCUT2D eigenvalue weighted by Crippen LogP contribution is -2.11. The first-order chi connectivity index (χ1) is 8.11. The molecule has 2 N–H and O–H groups in total. The van der Waals surface area contributed by atoms with Gasteiger partial charge in [0.1, 0.15) is 5.76 Å². The molecule has 0 saturated carbocycles. The molecule has 0 spiro atoms. The Labute approximate surface area is 99.9 Å². The van der Waals surface area contributed by atoms with E-state index in [0.717, 1.165) is 11.4 Å². The monoisotopic (exact) mass is 227 g/mol. The number of nitrogens with zero attached hydrogens (tertiary/aromatic N) is 2. The number of nitrogen functional groups attached to an aromatic ring is 1. The number of furan rings is 1. The maximum Gasteiger partial charge on any atom is 0.199 e. The van der Waals surface area contributed by atoms with E-state index in [1.165, 1.54) is 0 Å². The number of benzene rings is 1. The Hall–Kier alpha value is -2.41. The SMILES string of the molecule is Cc1ccc(N(C)c2cc(C#N)ccc2N)o1. The second kappa shape index (κ2) is 4.22. The zero-order chi connectivity index (χ0) is 12.4. The highest BCUT2D eigenvalue weighted by Crippen LogP contribution is 2.30. The predicted molar refractivity (Wildman–Crippen MR) is 67.1 cm³/mol. The van der Waals surface area contributed by atoms with Crippen LogP contribution in [0.4, 0.5) is 17.3 Å². The van der Waals surface area contributed by atoms with Crippen molar-refractivity contribution in [3.8, 4) is 6.07 Å². The van der Waals surface area contributed by atoms with Gasteiger partial charge in [0, 0.05) is 13.1 Å². The molecule has 0 radical (unpaired) electrons. The highest BCUT2D eigenvalue weighted by molar-refractivity contribution is 5.74. The third kappa shape index (κ3) is 2.08. The Morgan fingerprint density at radius 1 is 1.29 bits per heavy atom. The number of anilines is 3. The van der Waals surface area contributed by atoms with Crippen molar-refractivity contribution in [1.29, 1.82) is 5.26 Å². The largest absolute Gasteiger partial charge is 0.446 e. The summed E-state index contributed by atoms with van der Waals surface area (Å²) < 4.78 is 5.52. The molecule has 0 atom stereocenters. The molecule has 1 heterocycles. The quantitative estimate of drug-likeness (QED) is 0.801. The van der Waals surface area contributed by atoms with Crippen LogP contribution in [0.15, 0.2) is 34.7 Å². The van der Waals surface area contributed by atoms with Crippen LogP contribution >= 0.6 is 0 Å². The Bertz CT molecular complexity index is 581. The number of rotatable bonds is 2. The Morgan fingerprint density at radius 2 is 2.06 bits per heavy atom. The van der Waals surface area contributed by atoms with Gasteiger partial charge in [-0.3, -0.25) is 0 Å². The number of nitriles is 1. The van der Waals surface area contributed by atoms with E-state index in [0.29, 0.717) is 17.1 Å². The summed E-state index contributed by atoms with van der Waals surface area (Å²) in [7, 11) is 1.85. The minimum absolute atomic E-state index is 0.573. The number of hydrogen-bond donors (Lipinski definition) is 1. The van der Waals surface area contributed by atoms with Crippen LogP contribution in [0.2, 0.25) is 0 Å². The van der Waals surface area contributed by atoms with E-state index in [-0.39, 0.29) is 0 Å². The van der Waals surface area contributed by atoms with Crippen molar-refractivity contribution in [1.82, 2.24) is 0 Å². The van der Waals surface area contributed by atoms with Gasteiger partial charge >= 0.3 is 0 Å². The molecule has 1 aromatic heterocycles. The van der Waals surface area contributed by atoms with Gasteiger partial charge in [0.15, 0.2) is 5.88 Å². The second-order valence-electron chi connectivity index (χ2n) is 3.83. The summed E-state index contributed by atoms with van der Waals surface area (Å²) in [5.74, 6) is 1.53. The summed E-state index contributed by atoms with van der Waals surface area (Å²) in [6.45, 7) is 1.88. The fourth-order valence-electron chi connectivity index (χ4n) is 1.62. The van der Waals surface area contributed by atoms with E-state index in [2.05, 4.69) is 6.07 Å². The molecule has 0 aliphatic heterocycles. The fraction of sp³-hybridized carbons (Fsp3) is 0.154. The lowest BCUT2D eigenvalue weighted by Gasteiger charge is -2.18. The molecule has 4 heteroatoms. The second-order valence-corrected chi connectivity index (χ2v) is 3.83. The minimum atomic E-state index is 0.573. The van der Waals surface area contributed by atoms with Crippen molar-refractivity contribution in [3.63, 3.8) is 0 Å². The molecule has 2 rings (SSSR count). The average molecular weight is 227 g/mol. The van der Waals surface area contributed by atoms with E-state index in [9.17, 15) is 0 Å². The highest BCUT2D eigenvalue weighted by atomic mass is 16.4. The van der Waals surface area contributed by atoms with E-state index in [1.54, 1.807) is 18.2 Å². The maximum atomic E-state index is 8.88. The van der Waals surface area contributed by atoms with Crippen LogP contribution in [0.25, 0.3) is 0 Å². The average Bonchev–Trinajstić information content (AvgIpc) is 2.76. The van der Waals surface area contributed by atoms with Crippen LogP contribution in [0.1, 0.15) is 11.3 Å². The molecule has 0 saturated heterocycles. The van der Waals surface area contributed by atoms with E-state index in [4.69, 9.17) is 15.4 Å². The van der Waals surface area contributed by atoms with E-state index >= 15 is 0 Å². The lowest BCUT2D eigenvalue weighted by molar-refractivity contribution is 0.538. The van der Waals surface area contributed by atoms with Crippen molar-refractivity contribution in [2.45, 2.75) is 6.92 Å². The van der Waals surface area contributed by atoms with Crippen LogP contribution in [0.3, 0.4) is 0 Å². The van der Waals surface area contributed by atoms with Crippen molar-refractivity contribution >= 4 is 17.3 Å². The Balaban J connectivity index is 2.43. The molecule has 86 valence electrons. The third-order valence-electron chi connectivity index (χ3n) is 2.58. The van der Waals surface area contributed by atoms with E-state index < -0.39 is 0 Å². The molecule has 0 aliphatic carbocycles. The molecule has 0 unspecified atom stereocenters. The minimum Gasteiger partial charge on any atom is -0.446 e. The van der Waals surface area contributed by atoms with Gasteiger partial charge in [-0.1, -0.05) is 0 Å². The molecule has 0 bridgehead atoms. The lowest BCUT2D eigenvalue weighted by atomic mass is 10.2. The topological polar surface area (TPSA) is 66.2 Å². The fourth-order valence-corrected chi connectivity index (χ4v) is 1.62. The predicted octanol–water partition coefficient (Wildman–Crippen LogP) is 2.81. The summed E-state index contributed by atoms with van der Waals surface area (Å²) in [4.78, 5) is 1.82. The summed E-state index contributed by atoms with van der Waals surface area (Å²) in [5.41, 5.74) is 7.84. The van der Waals surface area contributed by atoms with Gasteiger partial charge in [-0.15, -0.1) is 0 Å². The van der Waals surface area contributed by atoms with Gasteiger partial charge < -0.3 is 15.1 Å². The first-order valence-corrected chi connectivity index (χ1v) is 5.21. The normalized spacial score (nSPS) is 9.94. The first-order valence-electron chi connectivity index (χ1n) is 5.21. The molecular formula is C13H13N3O. The molecule has 4 nitrogen and oxygen atoms in total. The molecule has 17 heavy (non-hydrogen) atoms. The molecule has 0 fully saturated rings. The zero-order valence-electron chi connectivity index (χ0n) is 9.77. The van der Waals surface area contributed by atoms with Crippen LogP contribution in [0, 0.1) is 18.3 Å². The van der Waals surface area contributed by atoms with Crippen molar-refractivity contribution in [3.05, 3.63) is 41.7 Å². The number of hydrogen-bond acceptors (Lipinski definition) is 4. The smallest absolute Gasteiger partial charge is 0.199 e. The van der Waals surface area contributed by atoms with Gasteiger partial charge in [0.05, 0.1) is 23.0 Å². The highest BCUT2D eigenvalue weighted by Gasteiger charge is 2.11. The van der Waals surface area contributed by atoms with Crippen LogP contribution in [-0.4, -0.2) is 7.05 Å². The summed E-state index contributed by atoms with van der Waals surface area (Å²) >= 11 is 0. The van der Waals surface area contributed by atoms with Gasteiger partial charge in [-0.05, 0) is 31.2 Å². The van der Waals surface area contributed by atoms with E-state index in [1.807, 2.05) is 31.0 Å². The zero-order valence-corrected chi connectivity index (χ0v) is 9.77. The Morgan fingerprint density at radius 3 is 2.65 bits per heavy atom. The van der Waals surface area contributed by atoms with Crippen molar-refractivity contribution in [2.24, 2.45) is 0 Å². The third-order valence-corrected chi connectivity index (χ3v) is 2.58. The summed E-state index contributed by atoms with van der Waals surface area (Å²) in [6.07, 6.45) is 0.